The molecule has 3 heterocycles. The van der Waals surface area contributed by atoms with Crippen LogP contribution in [-0.4, -0.2) is 46.4 Å². The highest BCUT2D eigenvalue weighted by molar-refractivity contribution is 6.31. The van der Waals surface area contributed by atoms with Gasteiger partial charge in [-0.15, -0.1) is 0 Å². The Bertz CT molecular complexity index is 1420. The number of rotatable bonds is 6. The molecular weight excluding hydrogens is 538 g/mol. The maximum absolute atomic E-state index is 14.3. The molecule has 3 amide bonds. The number of fused-ring (bicyclic) bond motifs is 1. The van der Waals surface area contributed by atoms with Crippen molar-refractivity contribution >= 4 is 35.0 Å². The number of halogens is 1. The van der Waals surface area contributed by atoms with E-state index in [-0.39, 0.29) is 30.3 Å². The third kappa shape index (κ3) is 4.67. The molecule has 0 aromatic heterocycles. The quantitative estimate of drug-likeness (QED) is 0.464. The van der Waals surface area contributed by atoms with E-state index in [9.17, 15) is 14.4 Å². The maximum atomic E-state index is 14.3. The van der Waals surface area contributed by atoms with E-state index < -0.39 is 29.6 Å². The lowest BCUT2D eigenvalue weighted by atomic mass is 9.73. The van der Waals surface area contributed by atoms with Crippen LogP contribution in [0, 0.1) is 37.5 Å². The smallest absolute Gasteiger partial charge is 0.246 e. The van der Waals surface area contributed by atoms with Crippen LogP contribution in [0.2, 0.25) is 5.02 Å². The second-order valence-electron chi connectivity index (χ2n) is 12.4. The van der Waals surface area contributed by atoms with E-state index >= 15 is 0 Å². The van der Waals surface area contributed by atoms with Crippen molar-refractivity contribution < 1.29 is 19.1 Å². The number of ether oxygens (including phenoxy) is 1. The van der Waals surface area contributed by atoms with Crippen molar-refractivity contribution in [1.29, 1.82) is 0 Å². The molecule has 4 aliphatic rings. The number of nitrogens with one attached hydrogen (secondary N) is 2. The van der Waals surface area contributed by atoms with Gasteiger partial charge in [-0.05, 0) is 67.0 Å². The normalized spacial score (nSPS) is 33.6. The first-order valence-corrected chi connectivity index (χ1v) is 15.1. The van der Waals surface area contributed by atoms with Crippen LogP contribution in [0.25, 0.3) is 0 Å². The van der Waals surface area contributed by atoms with Crippen LogP contribution in [0.4, 0.5) is 5.69 Å². The van der Waals surface area contributed by atoms with E-state index in [1.807, 2.05) is 62.4 Å². The number of carbonyl (C=O) groups excluding carboxylic acids is 3. The first-order chi connectivity index (χ1) is 19.6. The highest BCUT2D eigenvalue weighted by Gasteiger charge is 2.72. The van der Waals surface area contributed by atoms with Crippen LogP contribution in [0.15, 0.2) is 54.6 Å². The van der Waals surface area contributed by atoms with Gasteiger partial charge in [0.1, 0.15) is 11.6 Å². The van der Waals surface area contributed by atoms with Crippen LogP contribution in [0.5, 0.6) is 0 Å². The molecule has 216 valence electrons. The Morgan fingerprint density at radius 3 is 2.61 bits per heavy atom. The summed E-state index contributed by atoms with van der Waals surface area (Å²) < 4.78 is 6.51. The van der Waals surface area contributed by atoms with Gasteiger partial charge in [0.2, 0.25) is 17.7 Å². The highest BCUT2D eigenvalue weighted by Crippen LogP contribution is 2.55. The Hall–Kier alpha value is -3.16. The molecule has 3 aliphatic heterocycles. The first kappa shape index (κ1) is 28.0. The molecule has 0 radical (unpaired) electrons. The fourth-order valence-electron chi connectivity index (χ4n) is 7.34. The minimum Gasteiger partial charge on any atom is -0.359 e. The molecule has 2 aromatic rings. The van der Waals surface area contributed by atoms with Crippen molar-refractivity contribution in [3.8, 4) is 0 Å². The lowest BCUT2D eigenvalue weighted by Crippen LogP contribution is -2.57. The van der Waals surface area contributed by atoms with Crippen LogP contribution in [0.1, 0.15) is 49.8 Å². The highest BCUT2D eigenvalue weighted by atomic mass is 35.5. The summed E-state index contributed by atoms with van der Waals surface area (Å²) in [5, 5.41) is 6.83. The van der Waals surface area contributed by atoms with Gasteiger partial charge >= 0.3 is 0 Å². The topological polar surface area (TPSA) is 87.7 Å². The first-order valence-electron chi connectivity index (χ1n) is 14.7. The van der Waals surface area contributed by atoms with Gasteiger partial charge in [0.15, 0.2) is 0 Å². The molecular formula is C33H38ClN3O4. The number of aryl methyl sites for hydroxylation is 2. The molecule has 8 heteroatoms. The van der Waals surface area contributed by atoms with E-state index in [4.69, 9.17) is 16.3 Å². The number of carbonyl (C=O) groups is 3. The number of benzene rings is 2. The molecule has 2 N–H and O–H groups in total. The van der Waals surface area contributed by atoms with E-state index in [1.54, 1.807) is 11.0 Å². The summed E-state index contributed by atoms with van der Waals surface area (Å²) in [6, 6.07) is 12.2. The summed E-state index contributed by atoms with van der Waals surface area (Å²) in [4.78, 5) is 43.8. The number of hydrogen-bond acceptors (Lipinski definition) is 4. The number of anilines is 1. The third-order valence-electron chi connectivity index (χ3n) is 10.0. The number of nitrogens with zero attached hydrogens (tertiary/aromatic N) is 1. The van der Waals surface area contributed by atoms with Crippen molar-refractivity contribution in [2.24, 2.45) is 23.7 Å². The predicted molar refractivity (Wildman–Crippen MR) is 158 cm³/mol. The number of hydrogen-bond donors (Lipinski definition) is 2. The summed E-state index contributed by atoms with van der Waals surface area (Å²) in [6.07, 6.45) is 6.21. The Morgan fingerprint density at radius 2 is 1.85 bits per heavy atom. The molecule has 2 aromatic carbocycles. The maximum Gasteiger partial charge on any atom is 0.246 e. The van der Waals surface area contributed by atoms with Crippen LogP contribution >= 0.6 is 11.6 Å². The SMILES string of the molecule is Cc1ccc(NC(=O)[C@@H]2[C@@H]3C=C[C@]4(O3)[C@@H]2C(=O)N(Cc2ccccc2Cl)[C@H]4C(=O)N[C@@H]2CCC[C@H](C)[C@@H]2C)cc1C. The van der Waals surface area contributed by atoms with E-state index in [0.29, 0.717) is 22.5 Å². The van der Waals surface area contributed by atoms with Gasteiger partial charge in [-0.1, -0.05) is 74.7 Å². The van der Waals surface area contributed by atoms with E-state index in [2.05, 4.69) is 24.5 Å². The van der Waals surface area contributed by atoms with Crippen molar-refractivity contribution in [3.63, 3.8) is 0 Å². The van der Waals surface area contributed by atoms with Crippen LogP contribution in [-0.2, 0) is 25.7 Å². The average molecular weight is 576 g/mol. The monoisotopic (exact) mass is 575 g/mol. The van der Waals surface area contributed by atoms with Gasteiger partial charge in [-0.25, -0.2) is 0 Å². The Morgan fingerprint density at radius 1 is 1.07 bits per heavy atom. The van der Waals surface area contributed by atoms with Crippen LogP contribution < -0.4 is 10.6 Å². The summed E-state index contributed by atoms with van der Waals surface area (Å²) in [5.74, 6) is -1.53. The molecule has 1 aliphatic carbocycles. The molecule has 6 rings (SSSR count). The molecule has 8 atom stereocenters. The minimum atomic E-state index is -1.22. The van der Waals surface area contributed by atoms with Gasteiger partial charge < -0.3 is 20.3 Å². The Labute approximate surface area is 246 Å². The summed E-state index contributed by atoms with van der Waals surface area (Å²) >= 11 is 6.51. The van der Waals surface area contributed by atoms with Crippen molar-refractivity contribution in [2.75, 3.05) is 5.32 Å². The minimum absolute atomic E-state index is 0.0189. The summed E-state index contributed by atoms with van der Waals surface area (Å²) in [6.45, 7) is 8.57. The van der Waals surface area contributed by atoms with Crippen molar-refractivity contribution in [1.82, 2.24) is 10.2 Å². The van der Waals surface area contributed by atoms with Crippen molar-refractivity contribution in [2.45, 2.75) is 77.3 Å². The van der Waals surface area contributed by atoms with E-state index in [1.165, 1.54) is 0 Å². The van der Waals surface area contributed by atoms with E-state index in [0.717, 1.165) is 36.0 Å². The average Bonchev–Trinajstić information content (AvgIpc) is 3.58. The summed E-state index contributed by atoms with van der Waals surface area (Å²) in [5.41, 5.74) is 2.39. The van der Waals surface area contributed by atoms with Gasteiger partial charge in [-0.3, -0.25) is 14.4 Å². The lowest BCUT2D eigenvalue weighted by Gasteiger charge is -2.38. The largest absolute Gasteiger partial charge is 0.359 e. The second kappa shape index (κ2) is 10.6. The van der Waals surface area contributed by atoms with Gasteiger partial charge in [0.05, 0.1) is 17.9 Å². The molecule has 2 bridgehead atoms. The fourth-order valence-corrected chi connectivity index (χ4v) is 7.54. The molecule has 2 saturated heterocycles. The Balaban J connectivity index is 1.34. The molecule has 1 spiro atoms. The van der Waals surface area contributed by atoms with Gasteiger partial charge in [-0.2, -0.15) is 0 Å². The zero-order chi connectivity index (χ0) is 29.1. The third-order valence-corrected chi connectivity index (χ3v) is 10.4. The Kier molecular flexibility index (Phi) is 7.23. The molecule has 41 heavy (non-hydrogen) atoms. The summed E-state index contributed by atoms with van der Waals surface area (Å²) in [7, 11) is 0. The second-order valence-corrected chi connectivity index (χ2v) is 12.8. The zero-order valence-electron chi connectivity index (χ0n) is 24.0. The van der Waals surface area contributed by atoms with Gasteiger partial charge in [0, 0.05) is 23.3 Å². The zero-order valence-corrected chi connectivity index (χ0v) is 24.8. The number of amides is 3. The molecule has 7 nitrogen and oxygen atoms in total. The molecule has 1 saturated carbocycles. The van der Waals surface area contributed by atoms with Crippen molar-refractivity contribution in [3.05, 3.63) is 76.3 Å². The molecule has 3 fully saturated rings. The lowest BCUT2D eigenvalue weighted by molar-refractivity contribution is -0.142. The molecule has 0 unspecified atom stereocenters. The number of likely N-dealkylation sites (tertiary alicyclic amines) is 1. The van der Waals surface area contributed by atoms with Gasteiger partial charge in [0.25, 0.3) is 0 Å². The predicted octanol–water partition coefficient (Wildman–Crippen LogP) is 5.19. The standard InChI is InChI=1S/C33H38ClN3O4/c1-18-12-13-23(16-20(18)3)35-30(38)27-26-14-15-33(41-26)28(27)32(40)37(17-22-9-5-6-10-24(22)34)29(33)31(39)36-25-11-7-8-19(2)21(25)4/h5-6,9-10,12-16,19,21,25-29H,7-8,11,17H2,1-4H3,(H,35,38)(H,36,39)/t19-,21-,25+,26-,27+,28-,29-,33-/m0/s1. The van der Waals surface area contributed by atoms with Crippen LogP contribution in [0.3, 0.4) is 0 Å². The fraction of sp³-hybridized carbons (Fsp3) is 0.485.